The van der Waals surface area contributed by atoms with Crippen LogP contribution in [0.1, 0.15) is 44.0 Å². The van der Waals surface area contributed by atoms with Crippen molar-refractivity contribution in [3.63, 3.8) is 0 Å². The Morgan fingerprint density at radius 3 is 2.36 bits per heavy atom. The molecule has 2 aliphatic carbocycles. The van der Waals surface area contributed by atoms with Crippen molar-refractivity contribution in [2.24, 2.45) is 11.7 Å². The van der Waals surface area contributed by atoms with E-state index in [1.54, 1.807) is 0 Å². The Morgan fingerprint density at radius 2 is 1.67 bits per heavy atom. The second kappa shape index (κ2) is 8.65. The summed E-state index contributed by atoms with van der Waals surface area (Å²) in [4.78, 5) is 21.7. The van der Waals surface area contributed by atoms with E-state index in [1.807, 2.05) is 59.0 Å². The zero-order valence-electron chi connectivity index (χ0n) is 21.6. The van der Waals surface area contributed by atoms with Gasteiger partial charge in [0.05, 0.1) is 23.5 Å². The summed E-state index contributed by atoms with van der Waals surface area (Å²) in [5.74, 6) is 0.842. The summed E-state index contributed by atoms with van der Waals surface area (Å²) in [5.41, 5.74) is 11.9. The van der Waals surface area contributed by atoms with Crippen LogP contribution < -0.4 is 11.1 Å². The number of pyridine rings is 1. The number of nitrogens with zero attached hydrogens (tertiary/aromatic N) is 5. The quantitative estimate of drug-likeness (QED) is 0.311. The van der Waals surface area contributed by atoms with Crippen LogP contribution in [0.4, 0.5) is 0 Å². The van der Waals surface area contributed by atoms with Crippen LogP contribution in [-0.4, -0.2) is 41.2 Å². The monoisotopic (exact) mass is 519 g/mol. The molecule has 0 bridgehead atoms. The van der Waals surface area contributed by atoms with Crippen molar-refractivity contribution in [3.05, 3.63) is 78.1 Å². The van der Waals surface area contributed by atoms with E-state index in [4.69, 9.17) is 15.7 Å². The predicted molar refractivity (Wildman–Crippen MR) is 147 cm³/mol. The van der Waals surface area contributed by atoms with Gasteiger partial charge in [-0.2, -0.15) is 0 Å². The van der Waals surface area contributed by atoms with Gasteiger partial charge in [-0.25, -0.2) is 9.97 Å². The van der Waals surface area contributed by atoms with Crippen molar-refractivity contribution in [1.29, 1.82) is 0 Å². The summed E-state index contributed by atoms with van der Waals surface area (Å²) < 4.78 is 1.84. The fourth-order valence-corrected chi connectivity index (χ4v) is 5.97. The van der Waals surface area contributed by atoms with Crippen LogP contribution in [0, 0.1) is 5.92 Å². The van der Waals surface area contributed by atoms with E-state index in [-0.39, 0.29) is 12.5 Å². The zero-order chi connectivity index (χ0) is 26.8. The number of rotatable bonds is 6. The molecular weight excluding hydrogens is 490 g/mol. The topological polar surface area (TPSA) is 131 Å². The molecule has 39 heavy (non-hydrogen) atoms. The predicted octanol–water partition coefficient (Wildman–Crippen LogP) is 3.73. The molecule has 3 heterocycles. The van der Waals surface area contributed by atoms with Gasteiger partial charge in [-0.05, 0) is 49.3 Å². The highest BCUT2D eigenvalue weighted by molar-refractivity contribution is 5.86. The third kappa shape index (κ3) is 4.05. The maximum atomic E-state index is 11.5. The number of aliphatic hydroxyl groups is 1. The molecule has 2 aliphatic rings. The van der Waals surface area contributed by atoms with Gasteiger partial charge in [0.25, 0.3) is 0 Å². The number of hydrogen-bond donors (Lipinski definition) is 3. The van der Waals surface area contributed by atoms with Gasteiger partial charge in [-0.3, -0.25) is 9.20 Å². The summed E-state index contributed by atoms with van der Waals surface area (Å²) in [6.07, 6.45) is 3.41. The first-order valence-electron chi connectivity index (χ1n) is 13.3. The molecule has 9 heteroatoms. The van der Waals surface area contributed by atoms with E-state index in [1.165, 1.54) is 6.92 Å². The second-order valence-corrected chi connectivity index (χ2v) is 11.0. The maximum Gasteiger partial charge on any atom is 0.217 e. The van der Waals surface area contributed by atoms with Crippen LogP contribution >= 0.6 is 0 Å². The number of carbonyl (C=O) groups is 1. The third-order valence-corrected chi connectivity index (χ3v) is 8.12. The molecule has 7 rings (SSSR count). The van der Waals surface area contributed by atoms with Crippen LogP contribution in [0.3, 0.4) is 0 Å². The summed E-state index contributed by atoms with van der Waals surface area (Å²) in [7, 11) is 0. The molecular formula is C30H29N7O2. The van der Waals surface area contributed by atoms with E-state index in [0.717, 1.165) is 40.9 Å². The van der Waals surface area contributed by atoms with Crippen molar-refractivity contribution in [2.75, 3.05) is 0 Å². The lowest BCUT2D eigenvalue weighted by Crippen LogP contribution is -2.60. The third-order valence-electron chi connectivity index (χ3n) is 8.12. The molecule has 0 saturated heterocycles. The molecule has 196 valence electrons. The maximum absolute atomic E-state index is 11.5. The fourth-order valence-electron chi connectivity index (χ4n) is 5.97. The average Bonchev–Trinajstić information content (AvgIpc) is 3.71. The van der Waals surface area contributed by atoms with Gasteiger partial charge in [0.15, 0.2) is 17.1 Å². The summed E-state index contributed by atoms with van der Waals surface area (Å²) in [6.45, 7) is 1.70. The summed E-state index contributed by atoms with van der Waals surface area (Å²) in [5, 5.41) is 22.2. The van der Waals surface area contributed by atoms with Gasteiger partial charge in [-0.15, -0.1) is 10.2 Å². The van der Waals surface area contributed by atoms with Crippen molar-refractivity contribution in [2.45, 2.75) is 50.3 Å². The largest absolute Gasteiger partial charge is 0.389 e. The minimum absolute atomic E-state index is 0.146. The SMILES string of the molecule is CC(=O)NCc1nnc2ccc3nc(-c4ccc(C5(N)CC(O)(C6CC6)C5)cc4)c(-c4ccccc4)nc3n12. The zero-order valence-corrected chi connectivity index (χ0v) is 21.6. The molecule has 0 aliphatic heterocycles. The van der Waals surface area contributed by atoms with Crippen LogP contribution in [0.15, 0.2) is 66.7 Å². The smallest absolute Gasteiger partial charge is 0.217 e. The van der Waals surface area contributed by atoms with Crippen LogP contribution in [0.2, 0.25) is 0 Å². The molecule has 0 atom stereocenters. The number of nitrogens with one attached hydrogen (secondary N) is 1. The van der Waals surface area contributed by atoms with Gasteiger partial charge in [-0.1, -0.05) is 54.6 Å². The Balaban J connectivity index is 1.32. The number of fused-ring (bicyclic) bond motifs is 3. The van der Waals surface area contributed by atoms with E-state index in [0.29, 0.717) is 41.4 Å². The summed E-state index contributed by atoms with van der Waals surface area (Å²) in [6, 6.07) is 21.9. The van der Waals surface area contributed by atoms with Crippen molar-refractivity contribution >= 4 is 22.7 Å². The molecule has 5 aromatic rings. The fraction of sp³-hybridized carbons (Fsp3) is 0.300. The number of hydrogen-bond acceptors (Lipinski definition) is 7. The van der Waals surface area contributed by atoms with Gasteiger partial charge >= 0.3 is 0 Å². The normalized spacial score (nSPS) is 22.6. The Kier molecular flexibility index (Phi) is 5.30. The lowest BCUT2D eigenvalue weighted by Gasteiger charge is -2.52. The number of aromatic nitrogens is 5. The van der Waals surface area contributed by atoms with E-state index >= 15 is 0 Å². The Labute approximate surface area is 225 Å². The molecule has 0 spiro atoms. The van der Waals surface area contributed by atoms with Gasteiger partial charge < -0.3 is 16.2 Å². The van der Waals surface area contributed by atoms with E-state index in [2.05, 4.69) is 27.6 Å². The van der Waals surface area contributed by atoms with Crippen molar-refractivity contribution < 1.29 is 9.90 Å². The molecule has 0 radical (unpaired) electrons. The standard InChI is InChI=1S/C30H29N7O2/c1-18(38)32-15-25-36-35-24-14-13-23-28(37(24)25)34-27(19-5-3-2-4-6-19)26(33-23)20-7-9-21(10-8-20)29(31)16-30(39,17-29)22-11-12-22/h2-10,13-14,22,39H,11-12,15-17,31H2,1H3,(H,32,38). The van der Waals surface area contributed by atoms with E-state index in [9.17, 15) is 9.90 Å². The lowest BCUT2D eigenvalue weighted by molar-refractivity contribution is -0.119. The van der Waals surface area contributed by atoms with Crippen molar-refractivity contribution in [1.82, 2.24) is 29.9 Å². The van der Waals surface area contributed by atoms with Crippen LogP contribution in [0.25, 0.3) is 39.3 Å². The average molecular weight is 520 g/mol. The second-order valence-electron chi connectivity index (χ2n) is 11.0. The van der Waals surface area contributed by atoms with Gasteiger partial charge in [0.2, 0.25) is 5.91 Å². The highest BCUT2D eigenvalue weighted by atomic mass is 16.3. The van der Waals surface area contributed by atoms with Gasteiger partial charge in [0.1, 0.15) is 5.52 Å². The molecule has 2 fully saturated rings. The highest BCUT2D eigenvalue weighted by Crippen LogP contribution is 2.57. The minimum Gasteiger partial charge on any atom is -0.389 e. The van der Waals surface area contributed by atoms with Crippen LogP contribution in [0.5, 0.6) is 0 Å². The molecule has 4 N–H and O–H groups in total. The molecule has 1 amide bonds. The number of benzene rings is 2. The lowest BCUT2D eigenvalue weighted by atomic mass is 9.60. The van der Waals surface area contributed by atoms with Crippen LogP contribution in [-0.2, 0) is 16.9 Å². The molecule has 2 saturated carbocycles. The molecule has 2 aromatic carbocycles. The highest BCUT2D eigenvalue weighted by Gasteiger charge is 2.58. The number of nitrogens with two attached hydrogens (primary N) is 1. The number of amides is 1. The van der Waals surface area contributed by atoms with Gasteiger partial charge in [0, 0.05) is 23.6 Å². The van der Waals surface area contributed by atoms with E-state index < -0.39 is 11.1 Å². The molecule has 0 unspecified atom stereocenters. The first kappa shape index (κ1) is 23.9. The molecule has 9 nitrogen and oxygen atoms in total. The molecule has 3 aromatic heterocycles. The minimum atomic E-state index is -0.607. The first-order chi connectivity index (χ1) is 18.8. The number of carbonyl (C=O) groups excluding carboxylic acids is 1. The summed E-state index contributed by atoms with van der Waals surface area (Å²) >= 11 is 0. The Morgan fingerprint density at radius 1 is 0.974 bits per heavy atom. The Bertz CT molecular complexity index is 1720. The Hall–Kier alpha value is -4.21. The van der Waals surface area contributed by atoms with Crippen molar-refractivity contribution in [3.8, 4) is 22.5 Å². The first-order valence-corrected chi connectivity index (χ1v) is 13.3.